The highest BCUT2D eigenvalue weighted by Gasteiger charge is 2.52. The molecule has 0 aliphatic carbocycles. The Kier molecular flexibility index (Phi) is 3.80. The molecule has 0 N–H and O–H groups in total. The van der Waals surface area contributed by atoms with Crippen molar-refractivity contribution in [3.8, 4) is 11.5 Å². The van der Waals surface area contributed by atoms with E-state index in [9.17, 15) is 0 Å². The highest BCUT2D eigenvalue weighted by atomic mass is 28.3. The Balaban J connectivity index is 2.67. The lowest BCUT2D eigenvalue weighted by molar-refractivity contribution is 0.330. The van der Waals surface area contributed by atoms with Crippen LogP contribution in [0.3, 0.4) is 0 Å². The molecule has 0 unspecified atom stereocenters. The fraction of sp³-hybridized carbons (Fsp3) is 0.692. The van der Waals surface area contributed by atoms with Gasteiger partial charge in [-0.2, -0.15) is 0 Å². The Morgan fingerprint density at radius 1 is 1.47 bits per heavy atom. The summed E-state index contributed by atoms with van der Waals surface area (Å²) in [6.45, 7) is 12.8. The summed E-state index contributed by atoms with van der Waals surface area (Å²) >= 11 is 0. The monoisotopic (exact) mass is 222 g/mol. The van der Waals surface area contributed by atoms with E-state index in [0.717, 1.165) is 6.42 Å². The summed E-state index contributed by atoms with van der Waals surface area (Å²) in [6, 6.07) is 0. The molecule has 0 amide bonds. The molecule has 2 atom stereocenters. The van der Waals surface area contributed by atoms with Gasteiger partial charge in [0.2, 0.25) is 0 Å². The molecule has 1 fully saturated rings. The van der Waals surface area contributed by atoms with E-state index >= 15 is 0 Å². The van der Waals surface area contributed by atoms with Crippen LogP contribution >= 0.6 is 0 Å². The van der Waals surface area contributed by atoms with Gasteiger partial charge in [0.05, 0.1) is 0 Å². The summed E-state index contributed by atoms with van der Waals surface area (Å²) < 4.78 is 5.68. The second-order valence-electron chi connectivity index (χ2n) is 5.27. The number of epoxide rings is 1. The van der Waals surface area contributed by atoms with E-state index in [1.165, 1.54) is 12.8 Å². The summed E-state index contributed by atoms with van der Waals surface area (Å²) in [4.78, 5) is 0. The van der Waals surface area contributed by atoms with Crippen LogP contribution < -0.4 is 0 Å². The van der Waals surface area contributed by atoms with Crippen LogP contribution in [-0.2, 0) is 4.74 Å². The lowest BCUT2D eigenvalue weighted by Gasteiger charge is -2.07. The van der Waals surface area contributed by atoms with Crippen LogP contribution in [0.1, 0.15) is 26.2 Å². The third-order valence-electron chi connectivity index (χ3n) is 2.50. The first kappa shape index (κ1) is 12.5. The molecule has 0 aromatic carbocycles. The van der Waals surface area contributed by atoms with Gasteiger partial charge in [0.25, 0.3) is 0 Å². The van der Waals surface area contributed by atoms with Crippen LogP contribution in [-0.4, -0.2) is 19.8 Å². The largest absolute Gasteiger partial charge is 0.348 e. The molecule has 0 radical (unpaired) electrons. The van der Waals surface area contributed by atoms with Gasteiger partial charge in [0.15, 0.2) is 5.60 Å². The van der Waals surface area contributed by atoms with E-state index in [0.29, 0.717) is 0 Å². The Bertz CT molecular complexity index is 292. The first-order valence-electron chi connectivity index (χ1n) is 5.78. The van der Waals surface area contributed by atoms with E-state index < -0.39 is 8.07 Å². The third kappa shape index (κ3) is 3.51. The molecule has 0 aromatic rings. The molecular formula is C13H22OSi. The molecular weight excluding hydrogens is 200 g/mol. The van der Waals surface area contributed by atoms with E-state index in [-0.39, 0.29) is 11.7 Å². The van der Waals surface area contributed by atoms with Crippen molar-refractivity contribution in [1.82, 2.24) is 0 Å². The van der Waals surface area contributed by atoms with E-state index in [1.54, 1.807) is 0 Å². The van der Waals surface area contributed by atoms with Crippen molar-refractivity contribution in [2.24, 2.45) is 0 Å². The molecule has 84 valence electrons. The first-order chi connectivity index (χ1) is 6.93. The van der Waals surface area contributed by atoms with Crippen molar-refractivity contribution in [2.45, 2.75) is 57.5 Å². The normalized spacial score (nSPS) is 29.2. The molecule has 1 aliphatic rings. The minimum atomic E-state index is -1.28. The van der Waals surface area contributed by atoms with Crippen molar-refractivity contribution in [3.05, 3.63) is 12.7 Å². The maximum atomic E-state index is 5.68. The van der Waals surface area contributed by atoms with Gasteiger partial charge < -0.3 is 4.74 Å². The molecule has 0 spiro atoms. The summed E-state index contributed by atoms with van der Waals surface area (Å²) in [5.41, 5.74) is 3.25. The molecule has 1 rings (SSSR count). The Morgan fingerprint density at radius 2 is 2.13 bits per heavy atom. The van der Waals surface area contributed by atoms with Crippen molar-refractivity contribution in [2.75, 3.05) is 0 Å². The SMILES string of the molecule is C=C[C@@H]1O[C@@]1(C#C[Si](C)(C)C)CCCC. The zero-order valence-corrected chi connectivity index (χ0v) is 11.4. The zero-order valence-electron chi connectivity index (χ0n) is 10.4. The summed E-state index contributed by atoms with van der Waals surface area (Å²) in [7, 11) is -1.28. The molecule has 1 aliphatic heterocycles. The van der Waals surface area contributed by atoms with E-state index in [1.807, 2.05) is 6.08 Å². The number of unbranched alkanes of at least 4 members (excludes halogenated alkanes) is 1. The highest BCUT2D eigenvalue weighted by molar-refractivity contribution is 6.83. The number of rotatable bonds is 4. The summed E-state index contributed by atoms with van der Waals surface area (Å²) in [5.74, 6) is 3.36. The standard InChI is InChI=1S/C13H22OSi/c1-6-8-9-13(12(7-2)14-13)10-11-15(3,4)5/h7,12H,2,6,8-9H2,1,3-5H3/t12-,13+/m0/s1. The second kappa shape index (κ2) is 4.55. The smallest absolute Gasteiger partial charge is 0.158 e. The molecule has 1 nitrogen and oxygen atoms in total. The predicted molar refractivity (Wildman–Crippen MR) is 68.4 cm³/mol. The van der Waals surface area contributed by atoms with Gasteiger partial charge in [-0.3, -0.25) is 0 Å². The molecule has 1 heterocycles. The molecule has 2 heteroatoms. The third-order valence-corrected chi connectivity index (χ3v) is 3.38. The first-order valence-corrected chi connectivity index (χ1v) is 9.28. The Labute approximate surface area is 94.9 Å². The molecule has 0 bridgehead atoms. The van der Waals surface area contributed by atoms with Crippen molar-refractivity contribution in [3.63, 3.8) is 0 Å². The van der Waals surface area contributed by atoms with Gasteiger partial charge in [-0.15, -0.1) is 12.1 Å². The number of hydrogen-bond donors (Lipinski definition) is 0. The molecule has 0 saturated carbocycles. The predicted octanol–water partition coefficient (Wildman–Crippen LogP) is 3.38. The van der Waals surface area contributed by atoms with E-state index in [4.69, 9.17) is 4.74 Å². The van der Waals surface area contributed by atoms with Gasteiger partial charge in [-0.05, 0) is 12.8 Å². The summed E-state index contributed by atoms with van der Waals surface area (Å²) in [5, 5.41) is 0. The van der Waals surface area contributed by atoms with Gasteiger partial charge in [0, 0.05) is 0 Å². The lowest BCUT2D eigenvalue weighted by Crippen LogP contribution is -2.19. The maximum Gasteiger partial charge on any atom is 0.158 e. The maximum absolute atomic E-state index is 5.68. The highest BCUT2D eigenvalue weighted by Crippen LogP contribution is 2.41. The fourth-order valence-corrected chi connectivity index (χ4v) is 2.11. The van der Waals surface area contributed by atoms with Crippen molar-refractivity contribution >= 4 is 8.07 Å². The quantitative estimate of drug-likeness (QED) is 0.307. The van der Waals surface area contributed by atoms with Gasteiger partial charge in [-0.1, -0.05) is 45.0 Å². The minimum Gasteiger partial charge on any atom is -0.348 e. The average Bonchev–Trinajstić information content (AvgIpc) is 2.86. The Morgan fingerprint density at radius 3 is 2.53 bits per heavy atom. The van der Waals surface area contributed by atoms with Crippen LogP contribution in [0.2, 0.25) is 19.6 Å². The Hall–Kier alpha value is -0.523. The zero-order chi connectivity index (χ0) is 11.5. The molecule has 15 heavy (non-hydrogen) atoms. The van der Waals surface area contributed by atoms with Crippen LogP contribution in [0, 0.1) is 11.5 Å². The van der Waals surface area contributed by atoms with E-state index in [2.05, 4.69) is 44.6 Å². The summed E-state index contributed by atoms with van der Waals surface area (Å²) in [6.07, 6.45) is 5.49. The van der Waals surface area contributed by atoms with Crippen LogP contribution in [0.15, 0.2) is 12.7 Å². The van der Waals surface area contributed by atoms with Gasteiger partial charge in [0.1, 0.15) is 14.2 Å². The second-order valence-corrected chi connectivity index (χ2v) is 10.0. The fourth-order valence-electron chi connectivity index (χ4n) is 1.53. The molecule has 0 aromatic heterocycles. The van der Waals surface area contributed by atoms with Crippen LogP contribution in [0.25, 0.3) is 0 Å². The number of hydrogen-bond acceptors (Lipinski definition) is 1. The van der Waals surface area contributed by atoms with Crippen molar-refractivity contribution in [1.29, 1.82) is 0 Å². The topological polar surface area (TPSA) is 12.5 Å². The van der Waals surface area contributed by atoms with Gasteiger partial charge in [-0.25, -0.2) is 0 Å². The lowest BCUT2D eigenvalue weighted by atomic mass is 9.99. The molecule has 1 saturated heterocycles. The minimum absolute atomic E-state index is 0.169. The van der Waals surface area contributed by atoms with Crippen LogP contribution in [0.4, 0.5) is 0 Å². The van der Waals surface area contributed by atoms with Crippen LogP contribution in [0.5, 0.6) is 0 Å². The number of ether oxygens (including phenoxy) is 1. The van der Waals surface area contributed by atoms with Crippen molar-refractivity contribution < 1.29 is 4.74 Å². The van der Waals surface area contributed by atoms with Gasteiger partial charge >= 0.3 is 0 Å². The average molecular weight is 222 g/mol.